The van der Waals surface area contributed by atoms with Gasteiger partial charge in [0.05, 0.1) is 5.69 Å². The molecule has 1 heterocycles. The van der Waals surface area contributed by atoms with Crippen molar-refractivity contribution in [2.24, 2.45) is 0 Å². The van der Waals surface area contributed by atoms with Crippen molar-refractivity contribution in [2.75, 3.05) is 0 Å². The first-order valence-corrected chi connectivity index (χ1v) is 5.21. The van der Waals surface area contributed by atoms with Crippen molar-refractivity contribution in [1.29, 1.82) is 0 Å². The Morgan fingerprint density at radius 1 is 1.64 bits per heavy atom. The van der Waals surface area contributed by atoms with Gasteiger partial charge in [0.1, 0.15) is 11.0 Å². The Morgan fingerprint density at radius 3 is 2.71 bits per heavy atom. The van der Waals surface area contributed by atoms with Crippen LogP contribution in [0.25, 0.3) is 0 Å². The molecule has 0 aliphatic carbocycles. The molecule has 1 unspecified atom stereocenters. The number of carboxylic acid groups (broad SMARTS) is 1. The normalized spacial score (nSPS) is 12.8. The highest BCUT2D eigenvalue weighted by atomic mass is 32.1. The number of rotatable bonds is 4. The maximum Gasteiger partial charge on any atom is 0.320 e. The summed E-state index contributed by atoms with van der Waals surface area (Å²) in [6.07, 6.45) is 0. The second kappa shape index (κ2) is 4.52. The van der Waals surface area contributed by atoms with Crippen LogP contribution in [0.4, 0.5) is 0 Å². The molecule has 1 atom stereocenters. The van der Waals surface area contributed by atoms with Gasteiger partial charge in [-0.25, -0.2) is 4.98 Å². The lowest BCUT2D eigenvalue weighted by Crippen LogP contribution is -2.33. The summed E-state index contributed by atoms with van der Waals surface area (Å²) in [6, 6.07) is -0.528. The van der Waals surface area contributed by atoms with Gasteiger partial charge in [-0.1, -0.05) is 0 Å². The fourth-order valence-corrected chi connectivity index (χ4v) is 1.83. The third kappa shape index (κ3) is 2.78. The van der Waals surface area contributed by atoms with Gasteiger partial charge in [-0.05, 0) is 20.8 Å². The molecule has 0 aliphatic rings. The van der Waals surface area contributed by atoms with E-state index in [0.29, 0.717) is 6.54 Å². The molecular weight excluding hydrogens is 200 g/mol. The Balaban J connectivity index is 2.50. The van der Waals surface area contributed by atoms with Crippen molar-refractivity contribution in [2.45, 2.75) is 33.4 Å². The average Bonchev–Trinajstić information content (AvgIpc) is 2.42. The summed E-state index contributed by atoms with van der Waals surface area (Å²) in [6.45, 7) is 6.11. The first kappa shape index (κ1) is 11.1. The van der Waals surface area contributed by atoms with E-state index in [0.717, 1.165) is 10.7 Å². The van der Waals surface area contributed by atoms with Crippen LogP contribution >= 0.6 is 11.3 Å². The maximum absolute atomic E-state index is 10.5. The second-order valence-electron chi connectivity index (χ2n) is 3.19. The van der Waals surface area contributed by atoms with Crippen molar-refractivity contribution >= 4 is 17.3 Å². The van der Waals surface area contributed by atoms with Crippen LogP contribution in [0.15, 0.2) is 0 Å². The van der Waals surface area contributed by atoms with Crippen molar-refractivity contribution in [3.05, 3.63) is 15.6 Å². The molecule has 5 heteroatoms. The molecule has 0 fully saturated rings. The molecule has 2 N–H and O–H groups in total. The lowest BCUT2D eigenvalue weighted by molar-refractivity contribution is -0.139. The van der Waals surface area contributed by atoms with Crippen LogP contribution in [-0.2, 0) is 11.3 Å². The van der Waals surface area contributed by atoms with Crippen LogP contribution in [0.2, 0.25) is 0 Å². The maximum atomic E-state index is 10.5. The van der Waals surface area contributed by atoms with E-state index in [2.05, 4.69) is 10.3 Å². The Kier molecular flexibility index (Phi) is 3.60. The summed E-state index contributed by atoms with van der Waals surface area (Å²) >= 11 is 1.60. The highest BCUT2D eigenvalue weighted by molar-refractivity contribution is 7.11. The molecule has 0 spiro atoms. The van der Waals surface area contributed by atoms with E-state index < -0.39 is 12.0 Å². The van der Waals surface area contributed by atoms with Crippen LogP contribution < -0.4 is 5.32 Å². The smallest absolute Gasteiger partial charge is 0.320 e. The standard InChI is InChI=1S/C9H14N2O2S/c1-5-7(3)14-8(11-5)4-10-6(2)9(12)13/h6,10H,4H2,1-3H3,(H,12,13). The van der Waals surface area contributed by atoms with Crippen molar-refractivity contribution in [3.63, 3.8) is 0 Å². The van der Waals surface area contributed by atoms with E-state index in [4.69, 9.17) is 5.11 Å². The van der Waals surface area contributed by atoms with E-state index >= 15 is 0 Å². The Bertz CT molecular complexity index is 316. The van der Waals surface area contributed by atoms with Crippen molar-refractivity contribution in [1.82, 2.24) is 10.3 Å². The van der Waals surface area contributed by atoms with E-state index in [1.807, 2.05) is 13.8 Å². The minimum atomic E-state index is -0.838. The number of aromatic nitrogens is 1. The molecule has 14 heavy (non-hydrogen) atoms. The van der Waals surface area contributed by atoms with Gasteiger partial charge in [0.2, 0.25) is 0 Å². The number of carboxylic acids is 1. The number of hydrogen-bond acceptors (Lipinski definition) is 4. The van der Waals surface area contributed by atoms with E-state index in [1.165, 1.54) is 4.88 Å². The highest BCUT2D eigenvalue weighted by Crippen LogP contribution is 2.15. The van der Waals surface area contributed by atoms with Gasteiger partial charge in [-0.15, -0.1) is 11.3 Å². The molecule has 0 amide bonds. The molecule has 0 aliphatic heterocycles. The van der Waals surface area contributed by atoms with E-state index in [9.17, 15) is 4.79 Å². The Morgan fingerprint density at radius 2 is 2.29 bits per heavy atom. The fraction of sp³-hybridized carbons (Fsp3) is 0.556. The van der Waals surface area contributed by atoms with Crippen molar-refractivity contribution < 1.29 is 9.90 Å². The monoisotopic (exact) mass is 214 g/mol. The molecule has 78 valence electrons. The molecule has 1 aromatic heterocycles. The molecule has 0 aromatic carbocycles. The van der Waals surface area contributed by atoms with Crippen LogP contribution in [0.5, 0.6) is 0 Å². The minimum absolute atomic E-state index is 0.521. The fourth-order valence-electron chi connectivity index (χ4n) is 0.942. The van der Waals surface area contributed by atoms with Gasteiger partial charge in [0, 0.05) is 11.4 Å². The first-order valence-electron chi connectivity index (χ1n) is 4.40. The van der Waals surface area contributed by atoms with Gasteiger partial charge in [-0.3, -0.25) is 10.1 Å². The van der Waals surface area contributed by atoms with Gasteiger partial charge in [0.15, 0.2) is 0 Å². The molecule has 0 saturated heterocycles. The quantitative estimate of drug-likeness (QED) is 0.793. The largest absolute Gasteiger partial charge is 0.480 e. The van der Waals surface area contributed by atoms with Gasteiger partial charge < -0.3 is 5.11 Å². The number of thiazole rings is 1. The molecule has 0 radical (unpaired) electrons. The summed E-state index contributed by atoms with van der Waals surface area (Å²) < 4.78 is 0. The zero-order valence-corrected chi connectivity index (χ0v) is 9.31. The zero-order chi connectivity index (χ0) is 10.7. The highest BCUT2D eigenvalue weighted by Gasteiger charge is 2.10. The van der Waals surface area contributed by atoms with Crippen molar-refractivity contribution in [3.8, 4) is 0 Å². The summed E-state index contributed by atoms with van der Waals surface area (Å²) in [5.41, 5.74) is 1.02. The number of aliphatic carboxylic acids is 1. The molecule has 1 rings (SSSR count). The topological polar surface area (TPSA) is 62.2 Å². The molecule has 0 bridgehead atoms. The lowest BCUT2D eigenvalue weighted by Gasteiger charge is -2.06. The molecule has 1 aromatic rings. The third-order valence-electron chi connectivity index (χ3n) is 2.00. The van der Waals surface area contributed by atoms with E-state index in [-0.39, 0.29) is 0 Å². The number of nitrogens with one attached hydrogen (secondary N) is 1. The molecular formula is C9H14N2O2S. The summed E-state index contributed by atoms with van der Waals surface area (Å²) in [5.74, 6) is -0.838. The number of carbonyl (C=O) groups is 1. The minimum Gasteiger partial charge on any atom is -0.480 e. The van der Waals surface area contributed by atoms with Crippen LogP contribution in [0, 0.1) is 13.8 Å². The third-order valence-corrected chi connectivity index (χ3v) is 3.08. The van der Waals surface area contributed by atoms with Crippen LogP contribution in [0.3, 0.4) is 0 Å². The predicted molar refractivity (Wildman–Crippen MR) is 55.5 cm³/mol. The predicted octanol–water partition coefficient (Wildman–Crippen LogP) is 1.32. The number of aryl methyl sites for hydroxylation is 2. The average molecular weight is 214 g/mol. The van der Waals surface area contributed by atoms with Crippen LogP contribution in [-0.4, -0.2) is 22.1 Å². The Hall–Kier alpha value is -0.940. The summed E-state index contributed by atoms with van der Waals surface area (Å²) in [5, 5.41) is 12.5. The van der Waals surface area contributed by atoms with Gasteiger partial charge in [0.25, 0.3) is 0 Å². The lowest BCUT2D eigenvalue weighted by atomic mass is 10.3. The Labute approximate surface area is 87.0 Å². The second-order valence-corrected chi connectivity index (χ2v) is 4.48. The SMILES string of the molecule is Cc1nc(CNC(C)C(=O)O)sc1C. The number of nitrogens with zero attached hydrogens (tertiary/aromatic N) is 1. The first-order chi connectivity index (χ1) is 6.50. The van der Waals surface area contributed by atoms with Gasteiger partial charge >= 0.3 is 5.97 Å². The molecule has 0 saturated carbocycles. The van der Waals surface area contributed by atoms with E-state index in [1.54, 1.807) is 18.3 Å². The summed E-state index contributed by atoms with van der Waals surface area (Å²) in [4.78, 5) is 16.0. The molecule has 4 nitrogen and oxygen atoms in total. The number of hydrogen-bond donors (Lipinski definition) is 2. The summed E-state index contributed by atoms with van der Waals surface area (Å²) in [7, 11) is 0. The van der Waals surface area contributed by atoms with Gasteiger partial charge in [-0.2, -0.15) is 0 Å². The van der Waals surface area contributed by atoms with Crippen LogP contribution in [0.1, 0.15) is 22.5 Å². The zero-order valence-electron chi connectivity index (χ0n) is 8.50.